The van der Waals surface area contributed by atoms with E-state index in [4.69, 9.17) is 16.7 Å². The van der Waals surface area contributed by atoms with Gasteiger partial charge >= 0.3 is 0 Å². The summed E-state index contributed by atoms with van der Waals surface area (Å²) in [6.45, 7) is 0. The maximum absolute atomic E-state index is 10.8. The molecule has 0 bridgehead atoms. The number of aliphatic hydroxyl groups is 1. The Morgan fingerprint density at radius 1 is 1.42 bits per heavy atom. The van der Waals surface area contributed by atoms with Crippen LogP contribution < -0.4 is 5.32 Å². The molecule has 1 aromatic carbocycles. The molecule has 1 aromatic rings. The van der Waals surface area contributed by atoms with Gasteiger partial charge in [-0.1, -0.05) is 29.8 Å². The van der Waals surface area contributed by atoms with Gasteiger partial charge in [0.15, 0.2) is 0 Å². The summed E-state index contributed by atoms with van der Waals surface area (Å²) in [7, 11) is 0. The lowest BCUT2D eigenvalue weighted by Gasteiger charge is -2.04. The Kier molecular flexibility index (Phi) is 3.08. The summed E-state index contributed by atoms with van der Waals surface area (Å²) in [4.78, 5) is 10.8. The van der Waals surface area contributed by atoms with Gasteiger partial charge in [-0.25, -0.2) is 0 Å². The van der Waals surface area contributed by atoms with Crippen LogP contribution >= 0.6 is 11.6 Å². The van der Waals surface area contributed by atoms with E-state index in [-0.39, 0.29) is 0 Å². The minimum Gasteiger partial charge on any atom is -0.369 e. The number of benzene rings is 1. The average Bonchev–Trinajstić information content (AvgIpc) is 2.06. The minimum atomic E-state index is -1.50. The molecule has 1 unspecified atom stereocenters. The van der Waals surface area contributed by atoms with Crippen LogP contribution in [0.3, 0.4) is 0 Å². The second-order valence-electron chi connectivity index (χ2n) is 2.19. The van der Waals surface area contributed by atoms with E-state index in [1.165, 1.54) is 0 Å². The summed E-state index contributed by atoms with van der Waals surface area (Å²) < 4.78 is 0. The molecular weight excluding hydrogens is 178 g/mol. The fraction of sp³-hybridized carbons (Fsp3) is 0.125. The second kappa shape index (κ2) is 4.09. The molecule has 4 heteroatoms. The molecular formula is C8H8ClNO2. The highest BCUT2D eigenvalue weighted by Gasteiger charge is 2.09. The number of alkyl halides is 1. The first-order valence-electron chi connectivity index (χ1n) is 3.38. The molecule has 0 saturated heterocycles. The summed E-state index contributed by atoms with van der Waals surface area (Å²) in [5, 5.41) is 11.1. The predicted octanol–water partition coefficient (Wildman–Crippen LogP) is 1.18. The summed E-state index contributed by atoms with van der Waals surface area (Å²) in [6, 6.07) is 8.79. The number of nitrogens with one attached hydrogen (secondary N) is 1. The number of amides is 1. The van der Waals surface area contributed by atoms with Crippen LogP contribution in [-0.2, 0) is 4.79 Å². The SMILES string of the molecule is O=C(Nc1ccccc1)C(O)Cl. The van der Waals surface area contributed by atoms with Crippen LogP contribution in [0.5, 0.6) is 0 Å². The zero-order valence-corrected chi connectivity index (χ0v) is 6.95. The minimum absolute atomic E-state index is 0.613. The third kappa shape index (κ3) is 2.53. The van der Waals surface area contributed by atoms with Gasteiger partial charge < -0.3 is 10.4 Å². The zero-order valence-electron chi connectivity index (χ0n) is 6.20. The maximum Gasteiger partial charge on any atom is 0.268 e. The van der Waals surface area contributed by atoms with Crippen molar-refractivity contribution in [1.29, 1.82) is 0 Å². The smallest absolute Gasteiger partial charge is 0.268 e. The standard InChI is InChI=1S/C8H8ClNO2/c9-7(11)8(12)10-6-4-2-1-3-5-6/h1-5,7,11H,(H,10,12). The Hall–Kier alpha value is -1.06. The fourth-order valence-electron chi connectivity index (χ4n) is 0.723. The van der Waals surface area contributed by atoms with Crippen molar-refractivity contribution >= 4 is 23.2 Å². The topological polar surface area (TPSA) is 49.3 Å². The number of anilines is 1. The number of carbonyl (C=O) groups excluding carboxylic acids is 1. The van der Waals surface area contributed by atoms with E-state index in [2.05, 4.69) is 5.32 Å². The quantitative estimate of drug-likeness (QED) is 0.680. The number of halogens is 1. The van der Waals surface area contributed by atoms with Gasteiger partial charge in [0.2, 0.25) is 5.56 Å². The van der Waals surface area contributed by atoms with E-state index in [1.807, 2.05) is 6.07 Å². The van der Waals surface area contributed by atoms with Crippen molar-refractivity contribution in [2.45, 2.75) is 5.56 Å². The molecule has 0 aliphatic rings. The van der Waals surface area contributed by atoms with Crippen molar-refractivity contribution in [3.63, 3.8) is 0 Å². The van der Waals surface area contributed by atoms with Gasteiger partial charge in [-0.05, 0) is 12.1 Å². The molecule has 0 radical (unpaired) electrons. The van der Waals surface area contributed by atoms with Gasteiger partial charge in [-0.2, -0.15) is 0 Å². The molecule has 12 heavy (non-hydrogen) atoms. The van der Waals surface area contributed by atoms with E-state index < -0.39 is 11.5 Å². The highest BCUT2D eigenvalue weighted by Crippen LogP contribution is 2.05. The first-order valence-corrected chi connectivity index (χ1v) is 3.82. The van der Waals surface area contributed by atoms with Gasteiger partial charge in [0.1, 0.15) is 0 Å². The summed E-state index contributed by atoms with van der Waals surface area (Å²) in [5.74, 6) is -0.622. The molecule has 0 aliphatic heterocycles. The lowest BCUT2D eigenvalue weighted by Crippen LogP contribution is -2.22. The van der Waals surface area contributed by atoms with E-state index in [9.17, 15) is 4.79 Å². The van der Waals surface area contributed by atoms with Crippen molar-refractivity contribution in [3.05, 3.63) is 30.3 Å². The zero-order chi connectivity index (χ0) is 8.97. The van der Waals surface area contributed by atoms with Crippen molar-refractivity contribution in [1.82, 2.24) is 0 Å². The number of carbonyl (C=O) groups is 1. The molecule has 64 valence electrons. The Bertz CT molecular complexity index is 261. The van der Waals surface area contributed by atoms with Crippen molar-refractivity contribution < 1.29 is 9.90 Å². The van der Waals surface area contributed by atoms with Crippen molar-refractivity contribution in [2.75, 3.05) is 5.32 Å². The molecule has 2 N–H and O–H groups in total. The van der Waals surface area contributed by atoms with E-state index in [0.717, 1.165) is 0 Å². The normalized spacial score (nSPS) is 12.2. The Labute approximate surface area is 75.0 Å². The van der Waals surface area contributed by atoms with Gasteiger partial charge in [0.05, 0.1) is 0 Å². The maximum atomic E-state index is 10.8. The Morgan fingerprint density at radius 3 is 2.50 bits per heavy atom. The number of para-hydroxylation sites is 1. The second-order valence-corrected chi connectivity index (χ2v) is 2.60. The van der Waals surface area contributed by atoms with Crippen LogP contribution in [0.25, 0.3) is 0 Å². The molecule has 0 aromatic heterocycles. The largest absolute Gasteiger partial charge is 0.369 e. The molecule has 0 fully saturated rings. The van der Waals surface area contributed by atoms with Crippen LogP contribution in [0, 0.1) is 0 Å². The molecule has 0 heterocycles. The van der Waals surface area contributed by atoms with Gasteiger partial charge in [-0.3, -0.25) is 4.79 Å². The highest BCUT2D eigenvalue weighted by molar-refractivity contribution is 6.31. The van der Waals surface area contributed by atoms with Crippen LogP contribution in [0.1, 0.15) is 0 Å². The first-order chi connectivity index (χ1) is 5.70. The van der Waals surface area contributed by atoms with Crippen molar-refractivity contribution in [2.24, 2.45) is 0 Å². The van der Waals surface area contributed by atoms with Crippen molar-refractivity contribution in [3.8, 4) is 0 Å². The van der Waals surface area contributed by atoms with Gasteiger partial charge in [-0.15, -0.1) is 0 Å². The molecule has 3 nitrogen and oxygen atoms in total. The number of hydrogen-bond acceptors (Lipinski definition) is 2. The highest BCUT2D eigenvalue weighted by atomic mass is 35.5. The lowest BCUT2D eigenvalue weighted by molar-refractivity contribution is -0.120. The summed E-state index contributed by atoms with van der Waals surface area (Å²) in [5.41, 5.74) is -0.882. The number of aliphatic hydroxyl groups excluding tert-OH is 1. The van der Waals surface area contributed by atoms with E-state index in [0.29, 0.717) is 5.69 Å². The van der Waals surface area contributed by atoms with Crippen LogP contribution in [0.4, 0.5) is 5.69 Å². The molecule has 0 spiro atoms. The molecule has 1 rings (SSSR count). The van der Waals surface area contributed by atoms with E-state index in [1.54, 1.807) is 24.3 Å². The van der Waals surface area contributed by atoms with Gasteiger partial charge in [0, 0.05) is 5.69 Å². The van der Waals surface area contributed by atoms with E-state index >= 15 is 0 Å². The lowest BCUT2D eigenvalue weighted by atomic mass is 10.3. The number of hydrogen-bond donors (Lipinski definition) is 2. The van der Waals surface area contributed by atoms with Crippen LogP contribution in [-0.4, -0.2) is 16.6 Å². The summed E-state index contributed by atoms with van der Waals surface area (Å²) >= 11 is 5.12. The van der Waals surface area contributed by atoms with Crippen LogP contribution in [0.2, 0.25) is 0 Å². The van der Waals surface area contributed by atoms with Gasteiger partial charge in [0.25, 0.3) is 5.91 Å². The fourth-order valence-corrected chi connectivity index (χ4v) is 0.778. The molecule has 1 amide bonds. The molecule has 0 aliphatic carbocycles. The average molecular weight is 186 g/mol. The third-order valence-electron chi connectivity index (χ3n) is 1.26. The molecule has 1 atom stereocenters. The predicted molar refractivity (Wildman–Crippen MR) is 46.9 cm³/mol. The summed E-state index contributed by atoms with van der Waals surface area (Å²) in [6.07, 6.45) is 0. The van der Waals surface area contributed by atoms with Crippen LogP contribution in [0.15, 0.2) is 30.3 Å². The number of rotatable bonds is 2. The Morgan fingerprint density at radius 2 is 2.00 bits per heavy atom. The third-order valence-corrected chi connectivity index (χ3v) is 1.46. The monoisotopic (exact) mass is 185 g/mol. The molecule has 0 saturated carbocycles. The Balaban J connectivity index is 2.59. The first kappa shape index (κ1) is 9.03.